The number of hydrogen-bond donors (Lipinski definition) is 2. The summed E-state index contributed by atoms with van der Waals surface area (Å²) in [6.07, 6.45) is 0.439. The number of anilines is 1. The zero-order valence-electron chi connectivity index (χ0n) is 12.5. The molecule has 22 heavy (non-hydrogen) atoms. The molecule has 1 aromatic rings. The summed E-state index contributed by atoms with van der Waals surface area (Å²) in [7, 11) is 0. The van der Waals surface area contributed by atoms with Gasteiger partial charge >= 0.3 is 5.97 Å². The van der Waals surface area contributed by atoms with Gasteiger partial charge in [0, 0.05) is 23.1 Å². The molecule has 0 unspecified atom stereocenters. The minimum atomic E-state index is -0.592. The molecule has 0 aromatic heterocycles. The van der Waals surface area contributed by atoms with E-state index < -0.39 is 5.97 Å². The summed E-state index contributed by atoms with van der Waals surface area (Å²) in [4.78, 5) is 35.9. The van der Waals surface area contributed by atoms with Gasteiger partial charge in [-0.1, -0.05) is 0 Å². The first kappa shape index (κ1) is 16.4. The highest BCUT2D eigenvalue weighted by Gasteiger charge is 2.17. The minimum absolute atomic E-state index is 0.00839. The number of rotatable bonds is 4. The summed E-state index contributed by atoms with van der Waals surface area (Å²) in [5.41, 5.74) is 0.910. The van der Waals surface area contributed by atoms with Crippen molar-refractivity contribution in [3.63, 3.8) is 0 Å². The third-order valence-corrected chi connectivity index (χ3v) is 3.94. The highest BCUT2D eigenvalue weighted by atomic mass is 32.2. The van der Waals surface area contributed by atoms with Crippen molar-refractivity contribution in [2.24, 2.45) is 0 Å². The Morgan fingerprint density at radius 2 is 2.18 bits per heavy atom. The van der Waals surface area contributed by atoms with Crippen LogP contribution in [0.15, 0.2) is 23.1 Å². The molecule has 0 fully saturated rings. The van der Waals surface area contributed by atoms with E-state index in [0.717, 1.165) is 4.90 Å². The number of nitrogens with one attached hydrogen (secondary N) is 2. The number of thioether (sulfide) groups is 1. The Hall–Kier alpha value is -2.02. The first-order chi connectivity index (χ1) is 10.5. The van der Waals surface area contributed by atoms with Gasteiger partial charge in [0.1, 0.15) is 0 Å². The average Bonchev–Trinajstić information content (AvgIpc) is 2.63. The van der Waals surface area contributed by atoms with Crippen LogP contribution in [0, 0.1) is 0 Å². The number of carbonyl (C=O) groups excluding carboxylic acids is 3. The molecule has 0 bridgehead atoms. The van der Waals surface area contributed by atoms with Crippen LogP contribution in [0.1, 0.15) is 30.6 Å². The Morgan fingerprint density at radius 1 is 1.41 bits per heavy atom. The highest BCUT2D eigenvalue weighted by molar-refractivity contribution is 7.99. The van der Waals surface area contributed by atoms with Crippen molar-refractivity contribution in [2.45, 2.75) is 31.2 Å². The van der Waals surface area contributed by atoms with Gasteiger partial charge in [-0.3, -0.25) is 9.59 Å². The molecule has 1 heterocycles. The fourth-order valence-electron chi connectivity index (χ4n) is 1.92. The van der Waals surface area contributed by atoms with Crippen molar-refractivity contribution in [3.8, 4) is 0 Å². The Kier molecular flexibility index (Phi) is 5.43. The van der Waals surface area contributed by atoms with E-state index >= 15 is 0 Å². The number of benzene rings is 1. The van der Waals surface area contributed by atoms with Crippen LogP contribution in [-0.2, 0) is 14.3 Å². The summed E-state index contributed by atoms with van der Waals surface area (Å²) < 4.78 is 4.97. The fraction of sp³-hybridized carbons (Fsp3) is 0.400. The lowest BCUT2D eigenvalue weighted by molar-refractivity contribution is -0.124. The van der Waals surface area contributed by atoms with E-state index in [9.17, 15) is 14.4 Å². The fourth-order valence-corrected chi connectivity index (χ4v) is 2.86. The maximum Gasteiger partial charge on any atom is 0.338 e. The lowest BCUT2D eigenvalue weighted by Gasteiger charge is -2.10. The van der Waals surface area contributed by atoms with Crippen molar-refractivity contribution in [1.29, 1.82) is 0 Å². The van der Waals surface area contributed by atoms with Gasteiger partial charge in [0.05, 0.1) is 11.3 Å². The second-order valence-corrected chi connectivity index (χ2v) is 6.29. The zero-order valence-corrected chi connectivity index (χ0v) is 13.3. The summed E-state index contributed by atoms with van der Waals surface area (Å²) in [6.45, 7) is 3.33. The van der Waals surface area contributed by atoms with Crippen LogP contribution in [0.2, 0.25) is 0 Å². The van der Waals surface area contributed by atoms with Crippen LogP contribution < -0.4 is 10.6 Å². The Labute approximate surface area is 133 Å². The SMILES string of the molecule is CC(C)NC(=O)COC(=O)c1ccc2c(c1)NC(=O)CCS2. The van der Waals surface area contributed by atoms with Crippen molar-refractivity contribution in [1.82, 2.24) is 5.32 Å². The number of hydrogen-bond acceptors (Lipinski definition) is 5. The molecular formula is C15H18N2O4S. The normalized spacial score (nSPS) is 13.9. The van der Waals surface area contributed by atoms with Gasteiger partial charge in [0.2, 0.25) is 5.91 Å². The van der Waals surface area contributed by atoms with E-state index in [4.69, 9.17) is 4.74 Å². The van der Waals surface area contributed by atoms with Crippen LogP contribution in [0.5, 0.6) is 0 Å². The molecule has 0 saturated carbocycles. The van der Waals surface area contributed by atoms with Crippen LogP contribution in [-0.4, -0.2) is 36.2 Å². The van der Waals surface area contributed by atoms with Crippen molar-refractivity contribution in [3.05, 3.63) is 23.8 Å². The van der Waals surface area contributed by atoms with E-state index in [0.29, 0.717) is 23.4 Å². The first-order valence-corrected chi connectivity index (χ1v) is 7.97. The summed E-state index contributed by atoms with van der Waals surface area (Å²) >= 11 is 1.56. The van der Waals surface area contributed by atoms with Crippen LogP contribution in [0.4, 0.5) is 5.69 Å². The predicted octanol–water partition coefficient (Wildman–Crippen LogP) is 1.80. The zero-order chi connectivity index (χ0) is 16.1. The van der Waals surface area contributed by atoms with Gasteiger partial charge in [0.25, 0.3) is 5.91 Å². The quantitative estimate of drug-likeness (QED) is 0.826. The molecule has 0 radical (unpaired) electrons. The predicted molar refractivity (Wildman–Crippen MR) is 84.0 cm³/mol. The third kappa shape index (κ3) is 4.49. The first-order valence-electron chi connectivity index (χ1n) is 6.99. The molecule has 0 saturated heterocycles. The van der Waals surface area contributed by atoms with Crippen molar-refractivity contribution < 1.29 is 19.1 Å². The number of fused-ring (bicyclic) bond motifs is 1. The largest absolute Gasteiger partial charge is 0.452 e. The standard InChI is InChI=1S/C15H18N2O4S/c1-9(2)16-14(19)8-21-15(20)10-3-4-12-11(7-10)17-13(18)5-6-22-12/h3-4,7,9H,5-6,8H2,1-2H3,(H,16,19)(H,17,18). The Balaban J connectivity index is 2.02. The van der Waals surface area contributed by atoms with Crippen molar-refractivity contribution in [2.75, 3.05) is 17.7 Å². The van der Waals surface area contributed by atoms with E-state index in [1.807, 2.05) is 13.8 Å². The Bertz CT molecular complexity index is 601. The van der Waals surface area contributed by atoms with Crippen molar-refractivity contribution >= 4 is 35.2 Å². The van der Waals surface area contributed by atoms with Gasteiger partial charge < -0.3 is 15.4 Å². The van der Waals surface area contributed by atoms with Gasteiger partial charge in [-0.25, -0.2) is 4.79 Å². The molecule has 2 rings (SSSR count). The molecule has 1 aromatic carbocycles. The molecule has 0 spiro atoms. The van der Waals surface area contributed by atoms with Crippen LogP contribution >= 0.6 is 11.8 Å². The molecule has 0 aliphatic carbocycles. The maximum absolute atomic E-state index is 12.0. The van der Waals surface area contributed by atoms with Gasteiger partial charge in [0.15, 0.2) is 6.61 Å². The summed E-state index contributed by atoms with van der Waals surface area (Å²) in [5.74, 6) is -0.307. The van der Waals surface area contributed by atoms with Gasteiger partial charge in [-0.05, 0) is 32.0 Å². The van der Waals surface area contributed by atoms with E-state index in [-0.39, 0.29) is 24.5 Å². The van der Waals surface area contributed by atoms with Gasteiger partial charge in [-0.15, -0.1) is 11.8 Å². The minimum Gasteiger partial charge on any atom is -0.452 e. The summed E-state index contributed by atoms with van der Waals surface area (Å²) in [6, 6.07) is 4.97. The third-order valence-electron chi connectivity index (χ3n) is 2.86. The smallest absolute Gasteiger partial charge is 0.338 e. The number of carbonyl (C=O) groups is 3. The number of esters is 1. The number of amides is 2. The Morgan fingerprint density at radius 3 is 2.91 bits per heavy atom. The molecule has 2 N–H and O–H groups in total. The van der Waals surface area contributed by atoms with Gasteiger partial charge in [-0.2, -0.15) is 0 Å². The van der Waals surface area contributed by atoms with E-state index in [1.54, 1.807) is 30.0 Å². The molecular weight excluding hydrogens is 304 g/mol. The average molecular weight is 322 g/mol. The molecule has 1 aliphatic rings. The lowest BCUT2D eigenvalue weighted by atomic mass is 10.2. The van der Waals surface area contributed by atoms with E-state index in [2.05, 4.69) is 10.6 Å². The second kappa shape index (κ2) is 7.31. The highest BCUT2D eigenvalue weighted by Crippen LogP contribution is 2.31. The second-order valence-electron chi connectivity index (χ2n) is 5.16. The lowest BCUT2D eigenvalue weighted by Crippen LogP contribution is -2.34. The molecule has 6 nitrogen and oxygen atoms in total. The van der Waals surface area contributed by atoms with Crippen LogP contribution in [0.3, 0.4) is 0 Å². The topological polar surface area (TPSA) is 84.5 Å². The monoisotopic (exact) mass is 322 g/mol. The molecule has 7 heteroatoms. The molecule has 0 atom stereocenters. The molecule has 118 valence electrons. The summed E-state index contributed by atoms with van der Waals surface area (Å²) in [5, 5.41) is 5.40. The maximum atomic E-state index is 12.0. The molecule has 1 aliphatic heterocycles. The molecule has 2 amide bonds. The van der Waals surface area contributed by atoms with Crippen LogP contribution in [0.25, 0.3) is 0 Å². The number of ether oxygens (including phenoxy) is 1. The van der Waals surface area contributed by atoms with E-state index in [1.165, 1.54) is 0 Å².